The second-order valence-electron chi connectivity index (χ2n) is 6.19. The summed E-state index contributed by atoms with van der Waals surface area (Å²) >= 11 is 0. The molecule has 3 rings (SSSR count). The minimum absolute atomic E-state index is 0.570. The summed E-state index contributed by atoms with van der Waals surface area (Å²) in [5.41, 5.74) is 6.79. The van der Waals surface area contributed by atoms with Crippen LogP contribution >= 0.6 is 0 Å². The van der Waals surface area contributed by atoms with Crippen molar-refractivity contribution in [2.24, 2.45) is 5.73 Å². The van der Waals surface area contributed by atoms with E-state index in [4.69, 9.17) is 10.5 Å². The fraction of sp³-hybridized carbons (Fsp3) is 0.647. The summed E-state index contributed by atoms with van der Waals surface area (Å²) in [7, 11) is 0. The molecular formula is C17H27N3O. The first-order chi connectivity index (χ1) is 10.3. The molecule has 0 bridgehead atoms. The van der Waals surface area contributed by atoms with Crippen molar-refractivity contribution in [2.75, 3.05) is 39.3 Å². The van der Waals surface area contributed by atoms with Crippen molar-refractivity contribution in [1.29, 1.82) is 0 Å². The molecule has 1 atom stereocenters. The van der Waals surface area contributed by atoms with Crippen LogP contribution in [0.3, 0.4) is 0 Å². The third-order valence-electron chi connectivity index (χ3n) is 4.73. The van der Waals surface area contributed by atoms with Gasteiger partial charge in [-0.3, -0.25) is 9.80 Å². The first kappa shape index (κ1) is 14.8. The lowest BCUT2D eigenvalue weighted by atomic mass is 9.99. The zero-order chi connectivity index (χ0) is 14.5. The van der Waals surface area contributed by atoms with E-state index in [0.717, 1.165) is 30.5 Å². The van der Waals surface area contributed by atoms with Gasteiger partial charge in [0.2, 0.25) is 0 Å². The van der Waals surface area contributed by atoms with E-state index < -0.39 is 0 Å². The smallest absolute Gasteiger partial charge is 0.119 e. The first-order valence-electron chi connectivity index (χ1n) is 8.23. The molecule has 2 fully saturated rings. The van der Waals surface area contributed by atoms with Crippen LogP contribution in [0.2, 0.25) is 0 Å². The van der Waals surface area contributed by atoms with E-state index >= 15 is 0 Å². The maximum absolute atomic E-state index is 5.88. The average molecular weight is 289 g/mol. The third-order valence-corrected chi connectivity index (χ3v) is 4.73. The van der Waals surface area contributed by atoms with Crippen LogP contribution in [0.1, 0.15) is 24.8 Å². The van der Waals surface area contributed by atoms with E-state index in [2.05, 4.69) is 9.80 Å². The monoisotopic (exact) mass is 289 g/mol. The van der Waals surface area contributed by atoms with Gasteiger partial charge in [-0.05, 0) is 37.1 Å². The van der Waals surface area contributed by atoms with Crippen LogP contribution in [-0.4, -0.2) is 55.2 Å². The number of hydrogen-bond donors (Lipinski definition) is 1. The van der Waals surface area contributed by atoms with E-state index in [-0.39, 0.29) is 0 Å². The van der Waals surface area contributed by atoms with Crippen LogP contribution in [0, 0.1) is 0 Å². The van der Waals surface area contributed by atoms with Gasteiger partial charge in [-0.25, -0.2) is 0 Å². The Morgan fingerprint density at radius 3 is 3.05 bits per heavy atom. The van der Waals surface area contributed by atoms with Crippen molar-refractivity contribution in [2.45, 2.75) is 31.8 Å². The number of ether oxygens (including phenoxy) is 1. The molecule has 0 aromatic heterocycles. The van der Waals surface area contributed by atoms with E-state index in [0.29, 0.717) is 6.54 Å². The Balaban J connectivity index is 1.43. The van der Waals surface area contributed by atoms with Crippen molar-refractivity contribution in [3.8, 4) is 5.75 Å². The van der Waals surface area contributed by atoms with Crippen LogP contribution < -0.4 is 10.5 Å². The Hall–Kier alpha value is -1.10. The third kappa shape index (κ3) is 3.96. The Bertz CT molecular complexity index is 451. The zero-order valence-corrected chi connectivity index (χ0v) is 12.8. The average Bonchev–Trinajstić information content (AvgIpc) is 2.55. The first-order valence-corrected chi connectivity index (χ1v) is 8.23. The summed E-state index contributed by atoms with van der Waals surface area (Å²) in [6.45, 7) is 7.29. The molecule has 1 aromatic carbocycles. The number of rotatable bonds is 5. The van der Waals surface area contributed by atoms with Crippen molar-refractivity contribution in [3.05, 3.63) is 29.8 Å². The SMILES string of the molecule is NCc1cccc(OCCN2CCN3CCCCC3C2)c1. The Morgan fingerprint density at radius 2 is 2.14 bits per heavy atom. The van der Waals surface area contributed by atoms with Gasteiger partial charge in [0.05, 0.1) is 0 Å². The maximum Gasteiger partial charge on any atom is 0.119 e. The van der Waals surface area contributed by atoms with Crippen LogP contribution in [0.4, 0.5) is 0 Å². The minimum Gasteiger partial charge on any atom is -0.492 e. The maximum atomic E-state index is 5.88. The van der Waals surface area contributed by atoms with Gasteiger partial charge in [0.1, 0.15) is 12.4 Å². The highest BCUT2D eigenvalue weighted by atomic mass is 16.5. The number of piperazine rings is 1. The Labute approximate surface area is 127 Å². The second kappa shape index (κ2) is 7.25. The Morgan fingerprint density at radius 1 is 1.19 bits per heavy atom. The molecule has 1 unspecified atom stereocenters. The number of nitrogens with zero attached hydrogens (tertiary/aromatic N) is 2. The van der Waals surface area contributed by atoms with E-state index in [9.17, 15) is 0 Å². The molecule has 116 valence electrons. The molecule has 2 saturated heterocycles. The molecule has 2 aliphatic rings. The molecule has 0 radical (unpaired) electrons. The number of benzene rings is 1. The van der Waals surface area contributed by atoms with Crippen molar-refractivity contribution in [1.82, 2.24) is 9.80 Å². The van der Waals surface area contributed by atoms with Gasteiger partial charge in [-0.2, -0.15) is 0 Å². The molecule has 0 amide bonds. The molecule has 2 heterocycles. The minimum atomic E-state index is 0.570. The molecule has 4 nitrogen and oxygen atoms in total. The van der Waals surface area contributed by atoms with Gasteiger partial charge < -0.3 is 10.5 Å². The lowest BCUT2D eigenvalue weighted by Gasteiger charge is -2.44. The summed E-state index contributed by atoms with van der Waals surface area (Å²) in [6, 6.07) is 8.89. The van der Waals surface area contributed by atoms with Gasteiger partial charge in [0.15, 0.2) is 0 Å². The fourth-order valence-electron chi connectivity index (χ4n) is 3.48. The lowest BCUT2D eigenvalue weighted by Crippen LogP contribution is -2.55. The second-order valence-corrected chi connectivity index (χ2v) is 6.19. The van der Waals surface area contributed by atoms with Crippen LogP contribution in [-0.2, 0) is 6.54 Å². The fourth-order valence-corrected chi connectivity index (χ4v) is 3.48. The Kier molecular flexibility index (Phi) is 5.12. The van der Waals surface area contributed by atoms with Crippen molar-refractivity contribution < 1.29 is 4.74 Å². The van der Waals surface area contributed by atoms with Gasteiger partial charge >= 0.3 is 0 Å². The summed E-state index contributed by atoms with van der Waals surface area (Å²) < 4.78 is 5.88. The van der Waals surface area contributed by atoms with E-state index in [1.807, 2.05) is 24.3 Å². The summed E-state index contributed by atoms with van der Waals surface area (Å²) in [5, 5.41) is 0. The van der Waals surface area contributed by atoms with Crippen LogP contribution in [0.25, 0.3) is 0 Å². The predicted octanol–water partition coefficient (Wildman–Crippen LogP) is 1.69. The molecule has 1 aromatic rings. The highest BCUT2D eigenvalue weighted by molar-refractivity contribution is 5.28. The molecule has 2 N–H and O–H groups in total. The van der Waals surface area contributed by atoms with Crippen LogP contribution in [0.15, 0.2) is 24.3 Å². The predicted molar refractivity (Wildman–Crippen MR) is 85.5 cm³/mol. The topological polar surface area (TPSA) is 41.7 Å². The van der Waals surface area contributed by atoms with E-state index in [1.165, 1.54) is 45.4 Å². The molecule has 0 spiro atoms. The summed E-state index contributed by atoms with van der Waals surface area (Å²) in [6.07, 6.45) is 4.16. The summed E-state index contributed by atoms with van der Waals surface area (Å²) in [5.74, 6) is 0.939. The normalized spacial score (nSPS) is 23.8. The quantitative estimate of drug-likeness (QED) is 0.896. The number of hydrogen-bond acceptors (Lipinski definition) is 4. The number of piperidine rings is 1. The molecule has 0 saturated carbocycles. The van der Waals surface area contributed by atoms with Crippen molar-refractivity contribution >= 4 is 0 Å². The van der Waals surface area contributed by atoms with Gasteiger partial charge in [-0.1, -0.05) is 18.6 Å². The molecule has 4 heteroatoms. The van der Waals surface area contributed by atoms with Crippen LogP contribution in [0.5, 0.6) is 5.75 Å². The molecule has 0 aliphatic carbocycles. The van der Waals surface area contributed by atoms with Crippen molar-refractivity contribution in [3.63, 3.8) is 0 Å². The van der Waals surface area contributed by atoms with Gasteiger partial charge in [-0.15, -0.1) is 0 Å². The summed E-state index contributed by atoms with van der Waals surface area (Å²) in [4.78, 5) is 5.23. The van der Waals surface area contributed by atoms with Gasteiger partial charge in [0, 0.05) is 38.8 Å². The highest BCUT2D eigenvalue weighted by Crippen LogP contribution is 2.21. The molecule has 2 aliphatic heterocycles. The number of fused-ring (bicyclic) bond motifs is 1. The molecular weight excluding hydrogens is 262 g/mol. The van der Waals surface area contributed by atoms with E-state index in [1.54, 1.807) is 0 Å². The largest absolute Gasteiger partial charge is 0.492 e. The lowest BCUT2D eigenvalue weighted by molar-refractivity contribution is 0.0432. The zero-order valence-electron chi connectivity index (χ0n) is 12.8. The number of nitrogens with two attached hydrogens (primary N) is 1. The highest BCUT2D eigenvalue weighted by Gasteiger charge is 2.28. The van der Waals surface area contributed by atoms with Gasteiger partial charge in [0.25, 0.3) is 0 Å². The molecule has 21 heavy (non-hydrogen) atoms. The standard InChI is InChI=1S/C17H27N3O/c18-13-15-4-3-6-17(12-15)21-11-10-19-8-9-20-7-2-1-5-16(20)14-19/h3-4,6,12,16H,1-2,5,7-11,13-14,18H2.